The number of nitrogens with zero attached hydrogens (tertiary/aromatic N) is 2. The summed E-state index contributed by atoms with van der Waals surface area (Å²) in [6.45, 7) is 0.332. The lowest BCUT2D eigenvalue weighted by molar-refractivity contribution is 0.0943. The number of rotatable bonds is 4. The highest BCUT2D eigenvalue weighted by Gasteiger charge is 2.24. The van der Waals surface area contributed by atoms with Crippen molar-refractivity contribution in [2.45, 2.75) is 44.4 Å². The Bertz CT molecular complexity index is 647. The van der Waals surface area contributed by atoms with E-state index in [0.29, 0.717) is 6.54 Å². The van der Waals surface area contributed by atoms with Crippen LogP contribution in [0.15, 0.2) is 30.3 Å². The highest BCUT2D eigenvalue weighted by molar-refractivity contribution is 7.14. The number of carbonyl (C=O) groups is 1. The molecular formula is C16H20N4O2S. The van der Waals surface area contributed by atoms with Crippen LogP contribution in [0.1, 0.15) is 30.7 Å². The van der Waals surface area contributed by atoms with Gasteiger partial charge in [-0.15, -0.1) is 10.2 Å². The van der Waals surface area contributed by atoms with Crippen LogP contribution in [0.5, 0.6) is 0 Å². The van der Waals surface area contributed by atoms with Crippen molar-refractivity contribution in [1.29, 1.82) is 0 Å². The third-order valence-corrected chi connectivity index (χ3v) is 4.91. The molecule has 2 atom stereocenters. The smallest absolute Gasteiger partial charge is 0.315 e. The van der Waals surface area contributed by atoms with Gasteiger partial charge in [-0.2, -0.15) is 0 Å². The maximum Gasteiger partial charge on any atom is 0.315 e. The molecule has 1 heterocycles. The molecule has 1 aromatic heterocycles. The number of urea groups is 1. The van der Waals surface area contributed by atoms with Crippen molar-refractivity contribution in [2.75, 3.05) is 0 Å². The van der Waals surface area contributed by atoms with Gasteiger partial charge < -0.3 is 15.7 Å². The van der Waals surface area contributed by atoms with Crippen LogP contribution in [-0.2, 0) is 6.54 Å². The number of aromatic nitrogens is 2. The SMILES string of the molecule is O=C(NCc1nnc(-c2ccccc2)s1)N[C@H]1CCCC[C@H]1O. The standard InChI is InChI=1S/C16H20N4O2S/c21-13-9-5-4-8-12(13)18-16(22)17-10-14-19-20-15(23-14)11-6-2-1-3-7-11/h1-3,6-7,12-13,21H,4-5,8-10H2,(H2,17,18,22)/t12-,13+/m0/s1. The summed E-state index contributed by atoms with van der Waals surface area (Å²) in [5, 5.41) is 25.3. The summed E-state index contributed by atoms with van der Waals surface area (Å²) in [5.41, 5.74) is 1.02. The average Bonchev–Trinajstić information content (AvgIpc) is 3.05. The van der Waals surface area contributed by atoms with E-state index in [-0.39, 0.29) is 12.1 Å². The molecule has 1 aliphatic carbocycles. The number of aliphatic hydroxyl groups excluding tert-OH is 1. The van der Waals surface area contributed by atoms with E-state index in [1.807, 2.05) is 30.3 Å². The van der Waals surface area contributed by atoms with Crippen LogP contribution in [0.25, 0.3) is 10.6 Å². The molecule has 0 saturated heterocycles. The topological polar surface area (TPSA) is 87.1 Å². The van der Waals surface area contributed by atoms with Crippen molar-refractivity contribution in [3.63, 3.8) is 0 Å². The van der Waals surface area contributed by atoms with Gasteiger partial charge in [0.1, 0.15) is 10.0 Å². The summed E-state index contributed by atoms with van der Waals surface area (Å²) < 4.78 is 0. The van der Waals surface area contributed by atoms with Crippen LogP contribution in [0.3, 0.4) is 0 Å². The predicted molar refractivity (Wildman–Crippen MR) is 89.0 cm³/mol. The summed E-state index contributed by atoms with van der Waals surface area (Å²) >= 11 is 1.46. The number of hydrogen-bond acceptors (Lipinski definition) is 5. The second-order valence-corrected chi connectivity index (χ2v) is 6.71. The van der Waals surface area contributed by atoms with Crippen molar-refractivity contribution < 1.29 is 9.90 Å². The van der Waals surface area contributed by atoms with Crippen LogP contribution in [0.4, 0.5) is 4.79 Å². The normalized spacial score (nSPS) is 20.9. The Hall–Kier alpha value is -1.99. The third kappa shape index (κ3) is 4.27. The Morgan fingerprint density at radius 1 is 1.22 bits per heavy atom. The maximum absolute atomic E-state index is 11.9. The number of benzene rings is 1. The number of nitrogens with one attached hydrogen (secondary N) is 2. The molecule has 1 aromatic carbocycles. The zero-order chi connectivity index (χ0) is 16.1. The van der Waals surface area contributed by atoms with Crippen LogP contribution in [-0.4, -0.2) is 33.5 Å². The Labute approximate surface area is 139 Å². The molecule has 0 bridgehead atoms. The Morgan fingerprint density at radius 2 is 2.00 bits per heavy atom. The second-order valence-electron chi connectivity index (χ2n) is 5.65. The summed E-state index contributed by atoms with van der Waals surface area (Å²) in [6.07, 6.45) is 3.20. The highest BCUT2D eigenvalue weighted by atomic mass is 32.1. The minimum absolute atomic E-state index is 0.155. The van der Waals surface area contributed by atoms with E-state index in [4.69, 9.17) is 0 Å². The number of carbonyl (C=O) groups excluding carboxylic acids is 1. The molecule has 0 radical (unpaired) electrons. The van der Waals surface area contributed by atoms with Crippen LogP contribution < -0.4 is 10.6 Å². The summed E-state index contributed by atoms with van der Waals surface area (Å²) in [4.78, 5) is 11.9. The zero-order valence-corrected chi connectivity index (χ0v) is 13.6. The molecule has 1 saturated carbocycles. The monoisotopic (exact) mass is 332 g/mol. The van der Waals surface area contributed by atoms with Crippen molar-refractivity contribution in [3.05, 3.63) is 35.3 Å². The first-order chi connectivity index (χ1) is 11.2. The number of hydrogen-bond donors (Lipinski definition) is 3. The summed E-state index contributed by atoms with van der Waals surface area (Å²) in [6, 6.07) is 9.40. The van der Waals surface area contributed by atoms with Gasteiger partial charge in [-0.25, -0.2) is 4.79 Å². The average molecular weight is 332 g/mol. The summed E-state index contributed by atoms with van der Waals surface area (Å²) in [5.74, 6) is 0. The molecule has 1 aliphatic rings. The van der Waals surface area contributed by atoms with Gasteiger partial charge in [0.05, 0.1) is 18.7 Å². The van der Waals surface area contributed by atoms with Crippen molar-refractivity contribution in [2.24, 2.45) is 0 Å². The van der Waals surface area contributed by atoms with E-state index < -0.39 is 6.10 Å². The van der Waals surface area contributed by atoms with Gasteiger partial charge in [-0.05, 0) is 12.8 Å². The van der Waals surface area contributed by atoms with E-state index in [2.05, 4.69) is 20.8 Å². The van der Waals surface area contributed by atoms with Crippen molar-refractivity contribution in [1.82, 2.24) is 20.8 Å². The third-order valence-electron chi connectivity index (χ3n) is 3.93. The molecule has 2 aromatic rings. The minimum Gasteiger partial charge on any atom is -0.391 e. The van der Waals surface area contributed by atoms with Crippen LogP contribution >= 0.6 is 11.3 Å². The van der Waals surface area contributed by atoms with Gasteiger partial charge in [0.2, 0.25) is 0 Å². The van der Waals surface area contributed by atoms with Gasteiger partial charge >= 0.3 is 6.03 Å². The summed E-state index contributed by atoms with van der Waals surface area (Å²) in [7, 11) is 0. The quantitative estimate of drug-likeness (QED) is 0.802. The molecule has 0 unspecified atom stereocenters. The lowest BCUT2D eigenvalue weighted by Crippen LogP contribution is -2.48. The van der Waals surface area contributed by atoms with Crippen molar-refractivity contribution >= 4 is 17.4 Å². The fourth-order valence-electron chi connectivity index (χ4n) is 2.68. The number of aliphatic hydroxyl groups is 1. The fourth-order valence-corrected chi connectivity index (χ4v) is 3.46. The molecule has 3 rings (SSSR count). The van der Waals surface area contributed by atoms with Crippen LogP contribution in [0.2, 0.25) is 0 Å². The Kier molecular flexibility index (Phi) is 5.19. The molecule has 23 heavy (non-hydrogen) atoms. The van der Waals surface area contributed by atoms with E-state index >= 15 is 0 Å². The van der Waals surface area contributed by atoms with E-state index in [1.165, 1.54) is 11.3 Å². The predicted octanol–water partition coefficient (Wildman–Crippen LogP) is 2.31. The molecule has 1 fully saturated rings. The molecule has 3 N–H and O–H groups in total. The Balaban J connectivity index is 1.50. The van der Waals surface area contributed by atoms with Crippen molar-refractivity contribution in [3.8, 4) is 10.6 Å². The van der Waals surface area contributed by atoms with E-state index in [1.54, 1.807) is 0 Å². The number of amides is 2. The first-order valence-corrected chi connectivity index (χ1v) is 8.64. The largest absolute Gasteiger partial charge is 0.391 e. The molecular weight excluding hydrogens is 312 g/mol. The molecule has 0 aliphatic heterocycles. The first kappa shape index (κ1) is 15.9. The molecule has 6 nitrogen and oxygen atoms in total. The molecule has 2 amide bonds. The second kappa shape index (κ2) is 7.52. The molecule has 122 valence electrons. The lowest BCUT2D eigenvalue weighted by Gasteiger charge is -2.28. The maximum atomic E-state index is 11.9. The zero-order valence-electron chi connectivity index (χ0n) is 12.7. The lowest BCUT2D eigenvalue weighted by atomic mass is 9.93. The minimum atomic E-state index is -0.444. The van der Waals surface area contributed by atoms with E-state index in [9.17, 15) is 9.90 Å². The van der Waals surface area contributed by atoms with Gasteiger partial charge in [-0.1, -0.05) is 54.5 Å². The van der Waals surface area contributed by atoms with Crippen LogP contribution in [0, 0.1) is 0 Å². The molecule has 0 spiro atoms. The first-order valence-electron chi connectivity index (χ1n) is 7.82. The van der Waals surface area contributed by atoms with Gasteiger partial charge in [-0.3, -0.25) is 0 Å². The fraction of sp³-hybridized carbons (Fsp3) is 0.438. The Morgan fingerprint density at radius 3 is 2.78 bits per heavy atom. The van der Waals surface area contributed by atoms with E-state index in [0.717, 1.165) is 41.3 Å². The molecule has 7 heteroatoms. The van der Waals surface area contributed by atoms with Gasteiger partial charge in [0, 0.05) is 5.56 Å². The van der Waals surface area contributed by atoms with Gasteiger partial charge in [0.15, 0.2) is 0 Å². The van der Waals surface area contributed by atoms with Gasteiger partial charge in [0.25, 0.3) is 0 Å². The highest BCUT2D eigenvalue weighted by Crippen LogP contribution is 2.23.